The van der Waals surface area contributed by atoms with Crippen LogP contribution in [0.2, 0.25) is 0 Å². The van der Waals surface area contributed by atoms with Crippen LogP contribution in [0.5, 0.6) is 5.88 Å². The highest BCUT2D eigenvalue weighted by Gasteiger charge is 2.31. The van der Waals surface area contributed by atoms with Crippen molar-refractivity contribution >= 4 is 22.8 Å². The first-order valence-corrected chi connectivity index (χ1v) is 10.9. The molecule has 7 nitrogen and oxygen atoms in total. The molecule has 0 radical (unpaired) electrons. The summed E-state index contributed by atoms with van der Waals surface area (Å²) in [5.41, 5.74) is 2.87. The maximum Gasteiger partial charge on any atom is 0.241 e. The third-order valence-electron chi connectivity index (χ3n) is 5.01. The van der Waals surface area contributed by atoms with E-state index in [1.54, 1.807) is 25.2 Å². The van der Waals surface area contributed by atoms with Gasteiger partial charge in [0.25, 0.3) is 0 Å². The average molecular weight is 395 g/mol. The van der Waals surface area contributed by atoms with Crippen molar-refractivity contribution < 1.29 is 14.6 Å². The maximum atomic E-state index is 10.3. The van der Waals surface area contributed by atoms with Gasteiger partial charge in [-0.15, -0.1) is 0 Å². The standard InChI is InChI=1S/C19H30N4O3S/c1-4-5-6-26-13-23-9-14(17-18(23)19(25-2)21-12-20-17)7-22-8-15(11-27-3)16(24)10-22/h9,12,15-16,24H,4-8,10-11,13H2,1-3H3/t15-,16?/m1/s1. The first-order chi connectivity index (χ1) is 13.2. The van der Waals surface area contributed by atoms with E-state index in [4.69, 9.17) is 9.47 Å². The molecular formula is C19H30N4O3S. The van der Waals surface area contributed by atoms with Gasteiger partial charge >= 0.3 is 0 Å². The van der Waals surface area contributed by atoms with Crippen molar-refractivity contribution in [1.82, 2.24) is 19.4 Å². The number of likely N-dealkylation sites (tertiary alicyclic amines) is 1. The van der Waals surface area contributed by atoms with Crippen LogP contribution in [0.4, 0.5) is 0 Å². The van der Waals surface area contributed by atoms with Gasteiger partial charge in [0.2, 0.25) is 5.88 Å². The van der Waals surface area contributed by atoms with E-state index in [1.165, 1.54) is 0 Å². The summed E-state index contributed by atoms with van der Waals surface area (Å²) in [5.74, 6) is 1.88. The number of hydrogen-bond acceptors (Lipinski definition) is 7. The van der Waals surface area contributed by atoms with Crippen LogP contribution >= 0.6 is 11.8 Å². The summed E-state index contributed by atoms with van der Waals surface area (Å²) in [6, 6.07) is 0. The van der Waals surface area contributed by atoms with Crippen LogP contribution in [0.25, 0.3) is 11.0 Å². The van der Waals surface area contributed by atoms with Crippen molar-refractivity contribution in [3.05, 3.63) is 18.1 Å². The quantitative estimate of drug-likeness (QED) is 0.620. The van der Waals surface area contributed by atoms with E-state index in [9.17, 15) is 5.11 Å². The lowest BCUT2D eigenvalue weighted by atomic mass is 10.1. The number of unbranched alkanes of at least 4 members (excludes halogenated alkanes) is 1. The van der Waals surface area contributed by atoms with Crippen LogP contribution in [-0.2, 0) is 18.0 Å². The zero-order valence-electron chi connectivity index (χ0n) is 16.4. The monoisotopic (exact) mass is 394 g/mol. The molecule has 1 fully saturated rings. The lowest BCUT2D eigenvalue weighted by molar-refractivity contribution is 0.0772. The Bertz CT molecular complexity index is 739. The number of methoxy groups -OCH3 is 1. The van der Waals surface area contributed by atoms with Gasteiger partial charge in [-0.2, -0.15) is 16.7 Å². The molecule has 2 aromatic rings. The summed E-state index contributed by atoms with van der Waals surface area (Å²) >= 11 is 1.79. The molecule has 0 bridgehead atoms. The molecule has 0 amide bonds. The Balaban J connectivity index is 1.81. The molecule has 1 unspecified atom stereocenters. The Morgan fingerprint density at radius 3 is 2.93 bits per heavy atom. The second-order valence-corrected chi connectivity index (χ2v) is 7.98. The fourth-order valence-corrected chi connectivity index (χ4v) is 4.39. The van der Waals surface area contributed by atoms with Crippen molar-refractivity contribution in [2.75, 3.05) is 38.8 Å². The number of ether oxygens (including phenoxy) is 2. The van der Waals surface area contributed by atoms with Gasteiger partial charge in [0, 0.05) is 43.9 Å². The summed E-state index contributed by atoms with van der Waals surface area (Å²) in [6.45, 7) is 5.70. The van der Waals surface area contributed by atoms with Crippen molar-refractivity contribution in [2.45, 2.75) is 39.1 Å². The number of aromatic nitrogens is 3. The molecule has 0 spiro atoms. The highest BCUT2D eigenvalue weighted by Crippen LogP contribution is 2.29. The topological polar surface area (TPSA) is 72.6 Å². The zero-order chi connectivity index (χ0) is 19.2. The molecule has 2 atom stereocenters. The van der Waals surface area contributed by atoms with Crippen molar-refractivity contribution in [2.24, 2.45) is 5.92 Å². The highest BCUT2D eigenvalue weighted by atomic mass is 32.2. The SMILES string of the molecule is CCCCOCn1cc(CN2CC(O)[C@@H](CSC)C2)c2ncnc(OC)c21. The summed E-state index contributed by atoms with van der Waals surface area (Å²) in [7, 11) is 1.63. The third kappa shape index (κ3) is 4.74. The number of β-amino-alcohol motifs (C(OH)–C–C–N with tert-alkyl or cyclic N) is 1. The molecule has 3 heterocycles. The van der Waals surface area contributed by atoms with E-state index < -0.39 is 0 Å². The Labute approximate surface area is 165 Å². The molecule has 0 aromatic carbocycles. The second-order valence-electron chi connectivity index (χ2n) is 7.07. The Hall–Kier alpha value is -1.35. The van der Waals surface area contributed by atoms with Gasteiger partial charge in [-0.3, -0.25) is 4.90 Å². The molecule has 150 valence electrons. The predicted octanol–water partition coefficient (Wildman–Crippen LogP) is 2.37. The minimum Gasteiger partial charge on any atom is -0.479 e. The number of rotatable bonds is 10. The van der Waals surface area contributed by atoms with E-state index >= 15 is 0 Å². The Morgan fingerprint density at radius 1 is 1.33 bits per heavy atom. The first kappa shape index (κ1) is 20.4. The fourth-order valence-electron chi connectivity index (χ4n) is 3.64. The van der Waals surface area contributed by atoms with E-state index in [0.717, 1.165) is 54.9 Å². The van der Waals surface area contributed by atoms with Gasteiger partial charge in [0.1, 0.15) is 24.1 Å². The van der Waals surface area contributed by atoms with Gasteiger partial charge in [0.15, 0.2) is 0 Å². The molecule has 2 aromatic heterocycles. The van der Waals surface area contributed by atoms with E-state index in [0.29, 0.717) is 25.1 Å². The normalized spacial score (nSPS) is 20.6. The molecule has 1 saturated heterocycles. The van der Waals surface area contributed by atoms with Gasteiger partial charge < -0.3 is 19.1 Å². The van der Waals surface area contributed by atoms with Crippen LogP contribution < -0.4 is 4.74 Å². The summed E-state index contributed by atoms with van der Waals surface area (Å²) < 4.78 is 13.3. The molecule has 1 aliphatic rings. The predicted molar refractivity (Wildman–Crippen MR) is 108 cm³/mol. The Morgan fingerprint density at radius 2 is 2.19 bits per heavy atom. The number of hydrogen-bond donors (Lipinski definition) is 1. The second kappa shape index (κ2) is 9.73. The van der Waals surface area contributed by atoms with Gasteiger partial charge in [0.05, 0.1) is 13.2 Å². The number of aliphatic hydroxyl groups excluding tert-OH is 1. The van der Waals surface area contributed by atoms with E-state index in [1.807, 2.05) is 4.57 Å². The minimum absolute atomic E-state index is 0.257. The zero-order valence-corrected chi connectivity index (χ0v) is 17.2. The smallest absolute Gasteiger partial charge is 0.241 e. The van der Waals surface area contributed by atoms with Crippen molar-refractivity contribution in [3.8, 4) is 5.88 Å². The minimum atomic E-state index is -0.257. The van der Waals surface area contributed by atoms with Crippen molar-refractivity contribution in [1.29, 1.82) is 0 Å². The van der Waals surface area contributed by atoms with Crippen LogP contribution in [-0.4, -0.2) is 69.5 Å². The molecule has 0 aliphatic carbocycles. The number of nitrogens with zero attached hydrogens (tertiary/aromatic N) is 4. The maximum absolute atomic E-state index is 10.3. The van der Waals surface area contributed by atoms with Crippen LogP contribution in [0.15, 0.2) is 12.5 Å². The Kier molecular flexibility index (Phi) is 7.34. The summed E-state index contributed by atoms with van der Waals surface area (Å²) in [5, 5.41) is 10.3. The van der Waals surface area contributed by atoms with Gasteiger partial charge in [-0.05, 0) is 18.4 Å². The number of aliphatic hydroxyl groups is 1. The molecule has 3 rings (SSSR count). The van der Waals surface area contributed by atoms with Crippen molar-refractivity contribution in [3.63, 3.8) is 0 Å². The van der Waals surface area contributed by atoms with Crippen LogP contribution in [0, 0.1) is 5.92 Å². The van der Waals surface area contributed by atoms with E-state index in [2.05, 4.69) is 34.2 Å². The van der Waals surface area contributed by atoms with E-state index in [-0.39, 0.29) is 6.10 Å². The first-order valence-electron chi connectivity index (χ1n) is 9.51. The lowest BCUT2D eigenvalue weighted by Crippen LogP contribution is -2.21. The fraction of sp³-hybridized carbons (Fsp3) is 0.684. The molecule has 27 heavy (non-hydrogen) atoms. The summed E-state index contributed by atoms with van der Waals surface area (Å²) in [4.78, 5) is 11.1. The lowest BCUT2D eigenvalue weighted by Gasteiger charge is -2.14. The number of thioether (sulfide) groups is 1. The molecule has 1 N–H and O–H groups in total. The highest BCUT2D eigenvalue weighted by molar-refractivity contribution is 7.98. The number of fused-ring (bicyclic) bond motifs is 1. The summed E-state index contributed by atoms with van der Waals surface area (Å²) in [6.07, 6.45) is 7.61. The third-order valence-corrected chi connectivity index (χ3v) is 5.78. The largest absolute Gasteiger partial charge is 0.479 e. The molecule has 0 saturated carbocycles. The van der Waals surface area contributed by atoms with Gasteiger partial charge in [-0.25, -0.2) is 4.98 Å². The molecule has 8 heteroatoms. The molecule has 1 aliphatic heterocycles. The molecular weight excluding hydrogens is 364 g/mol. The van der Waals surface area contributed by atoms with Crippen LogP contribution in [0.1, 0.15) is 25.3 Å². The van der Waals surface area contributed by atoms with Gasteiger partial charge in [-0.1, -0.05) is 13.3 Å². The van der Waals surface area contributed by atoms with Crippen LogP contribution in [0.3, 0.4) is 0 Å². The average Bonchev–Trinajstić information content (AvgIpc) is 3.20.